The number of ether oxygens (including phenoxy) is 1. The molecule has 0 fully saturated rings. The number of carbonyl (C=O) groups is 1. The smallest absolute Gasteiger partial charge is 0.422 e. The van der Waals surface area contributed by atoms with Gasteiger partial charge in [-0.15, -0.1) is 0 Å². The van der Waals surface area contributed by atoms with Gasteiger partial charge in [0.1, 0.15) is 12.3 Å². The van der Waals surface area contributed by atoms with Gasteiger partial charge in [-0.25, -0.2) is 0 Å². The molecule has 5 nitrogen and oxygen atoms in total. The minimum atomic E-state index is -4.38. The number of halogens is 3. The minimum absolute atomic E-state index is 0.0685. The molecule has 24 heavy (non-hydrogen) atoms. The highest BCUT2D eigenvalue weighted by Crippen LogP contribution is 2.18. The van der Waals surface area contributed by atoms with Crippen LogP contribution in [0.3, 0.4) is 0 Å². The van der Waals surface area contributed by atoms with Gasteiger partial charge in [-0.3, -0.25) is 14.2 Å². The molecule has 1 aromatic carbocycles. The summed E-state index contributed by atoms with van der Waals surface area (Å²) in [7, 11) is 0. The maximum atomic E-state index is 12.0. The molecule has 1 amide bonds. The van der Waals surface area contributed by atoms with Crippen molar-refractivity contribution in [1.29, 1.82) is 0 Å². The molecule has 9 heteroatoms. The third kappa shape index (κ3) is 5.41. The molecule has 0 unspecified atom stereocenters. The number of alkyl halides is 3. The number of carbonyl (C=O) groups excluding carboxylic acids is 1. The molecule has 0 saturated carbocycles. The Morgan fingerprint density at radius 1 is 1.29 bits per heavy atom. The number of amides is 1. The van der Waals surface area contributed by atoms with Crippen molar-refractivity contribution in [2.24, 2.45) is 0 Å². The van der Waals surface area contributed by atoms with Crippen LogP contribution in [0.5, 0.6) is 5.75 Å². The molecule has 0 aliphatic carbocycles. The van der Waals surface area contributed by atoms with E-state index >= 15 is 0 Å². The van der Waals surface area contributed by atoms with E-state index in [2.05, 4.69) is 10.1 Å². The summed E-state index contributed by atoms with van der Waals surface area (Å²) in [4.78, 5) is 23.2. The van der Waals surface area contributed by atoms with Gasteiger partial charge in [-0.05, 0) is 24.6 Å². The monoisotopic (exact) mass is 360 g/mol. The van der Waals surface area contributed by atoms with E-state index in [1.54, 1.807) is 24.4 Å². The predicted molar refractivity (Wildman–Crippen MR) is 83.2 cm³/mol. The first-order valence-corrected chi connectivity index (χ1v) is 7.83. The summed E-state index contributed by atoms with van der Waals surface area (Å²) in [6, 6.07) is 5.93. The van der Waals surface area contributed by atoms with Crippen LogP contribution in [0, 0.1) is 6.92 Å². The number of aryl methyl sites for hydroxylation is 1. The average Bonchev–Trinajstić information content (AvgIpc) is 2.83. The van der Waals surface area contributed by atoms with Crippen molar-refractivity contribution in [3.05, 3.63) is 50.6 Å². The molecule has 0 aliphatic heterocycles. The Labute approximate surface area is 139 Å². The van der Waals surface area contributed by atoms with Gasteiger partial charge >= 0.3 is 11.0 Å². The molecular weight excluding hydrogens is 345 g/mol. The van der Waals surface area contributed by atoms with E-state index in [-0.39, 0.29) is 29.6 Å². The van der Waals surface area contributed by atoms with E-state index in [1.807, 2.05) is 0 Å². The fourth-order valence-corrected chi connectivity index (χ4v) is 2.60. The summed E-state index contributed by atoms with van der Waals surface area (Å²) in [5.41, 5.74) is 1.42. The Kier molecular flexibility index (Phi) is 5.66. The van der Waals surface area contributed by atoms with Crippen molar-refractivity contribution in [3.63, 3.8) is 0 Å². The number of hydrogen-bond acceptors (Lipinski definition) is 4. The molecule has 1 N–H and O–H groups in total. The highest BCUT2D eigenvalue weighted by Gasteiger charge is 2.28. The molecule has 0 aliphatic rings. The first-order valence-electron chi connectivity index (χ1n) is 6.95. The highest BCUT2D eigenvalue weighted by molar-refractivity contribution is 7.07. The zero-order valence-electron chi connectivity index (χ0n) is 12.7. The van der Waals surface area contributed by atoms with Gasteiger partial charge in [0, 0.05) is 17.6 Å². The van der Waals surface area contributed by atoms with Crippen molar-refractivity contribution >= 4 is 17.2 Å². The van der Waals surface area contributed by atoms with Crippen LogP contribution in [0.1, 0.15) is 11.3 Å². The molecule has 0 spiro atoms. The highest BCUT2D eigenvalue weighted by atomic mass is 32.1. The third-order valence-corrected chi connectivity index (χ3v) is 3.97. The van der Waals surface area contributed by atoms with Gasteiger partial charge in [0.05, 0.1) is 0 Å². The van der Waals surface area contributed by atoms with Crippen LogP contribution in [0.2, 0.25) is 0 Å². The van der Waals surface area contributed by atoms with Crippen molar-refractivity contribution in [2.75, 3.05) is 6.61 Å². The van der Waals surface area contributed by atoms with Gasteiger partial charge in [-0.2, -0.15) is 13.2 Å². The summed E-state index contributed by atoms with van der Waals surface area (Å²) in [5, 5.41) is 4.33. The fraction of sp³-hybridized carbons (Fsp3) is 0.333. The zero-order chi connectivity index (χ0) is 17.7. The van der Waals surface area contributed by atoms with Gasteiger partial charge in [-0.1, -0.05) is 23.5 Å². The van der Waals surface area contributed by atoms with Crippen LogP contribution < -0.4 is 14.9 Å². The van der Waals surface area contributed by atoms with Crippen LogP contribution >= 0.6 is 11.3 Å². The number of benzene rings is 1. The van der Waals surface area contributed by atoms with Gasteiger partial charge in [0.15, 0.2) is 6.61 Å². The summed E-state index contributed by atoms with van der Waals surface area (Å²) < 4.78 is 42.1. The lowest BCUT2D eigenvalue weighted by molar-refractivity contribution is -0.153. The predicted octanol–water partition coefficient (Wildman–Crippen LogP) is 2.48. The number of hydrogen-bond donors (Lipinski definition) is 1. The lowest BCUT2D eigenvalue weighted by Gasteiger charge is -2.10. The van der Waals surface area contributed by atoms with E-state index in [0.717, 1.165) is 11.3 Å². The maximum absolute atomic E-state index is 12.0. The fourth-order valence-electron chi connectivity index (χ4n) is 1.87. The quantitative estimate of drug-likeness (QED) is 0.861. The molecule has 0 atom stereocenters. The molecular formula is C15H15F3N2O3S. The number of rotatable bonds is 6. The molecule has 2 rings (SSSR count). The van der Waals surface area contributed by atoms with Crippen LogP contribution in [-0.2, 0) is 17.9 Å². The Morgan fingerprint density at radius 3 is 2.50 bits per heavy atom. The summed E-state index contributed by atoms with van der Waals surface area (Å²) in [6.45, 7) is 0.528. The zero-order valence-corrected chi connectivity index (χ0v) is 13.5. The van der Waals surface area contributed by atoms with Crippen LogP contribution in [0.15, 0.2) is 34.4 Å². The van der Waals surface area contributed by atoms with E-state index in [4.69, 9.17) is 0 Å². The van der Waals surface area contributed by atoms with Crippen LogP contribution in [0.4, 0.5) is 13.2 Å². The van der Waals surface area contributed by atoms with Crippen molar-refractivity contribution in [2.45, 2.75) is 26.2 Å². The van der Waals surface area contributed by atoms with Crippen molar-refractivity contribution in [1.82, 2.24) is 9.88 Å². The second kappa shape index (κ2) is 7.52. The summed E-state index contributed by atoms with van der Waals surface area (Å²) >= 11 is 1.03. The van der Waals surface area contributed by atoms with Gasteiger partial charge in [0.25, 0.3) is 0 Å². The second-order valence-corrected chi connectivity index (χ2v) is 5.87. The van der Waals surface area contributed by atoms with Gasteiger partial charge in [0.2, 0.25) is 5.91 Å². The molecule has 1 aromatic heterocycles. The third-order valence-electron chi connectivity index (χ3n) is 3.09. The molecule has 1 heterocycles. The average molecular weight is 360 g/mol. The first-order chi connectivity index (χ1) is 11.2. The lowest BCUT2D eigenvalue weighted by Crippen LogP contribution is -2.30. The van der Waals surface area contributed by atoms with E-state index in [1.165, 1.54) is 16.7 Å². The van der Waals surface area contributed by atoms with Crippen LogP contribution in [0.25, 0.3) is 0 Å². The van der Waals surface area contributed by atoms with Crippen LogP contribution in [-0.4, -0.2) is 23.3 Å². The molecule has 2 aromatic rings. The Hall–Kier alpha value is -2.29. The number of thiazole rings is 1. The Balaban J connectivity index is 1.84. The minimum Gasteiger partial charge on any atom is -0.484 e. The first kappa shape index (κ1) is 18.1. The van der Waals surface area contributed by atoms with E-state index in [9.17, 15) is 22.8 Å². The largest absolute Gasteiger partial charge is 0.484 e. The molecule has 130 valence electrons. The van der Waals surface area contributed by atoms with E-state index in [0.29, 0.717) is 11.3 Å². The molecule has 0 saturated heterocycles. The summed E-state index contributed by atoms with van der Waals surface area (Å²) in [6.07, 6.45) is -4.38. The number of nitrogens with zero attached hydrogens (tertiary/aromatic N) is 1. The van der Waals surface area contributed by atoms with Crippen molar-refractivity contribution < 1.29 is 22.7 Å². The summed E-state index contributed by atoms with van der Waals surface area (Å²) in [5.74, 6) is -0.223. The lowest BCUT2D eigenvalue weighted by atomic mass is 10.2. The Bertz CT molecular complexity index is 751. The second-order valence-electron chi connectivity index (χ2n) is 5.05. The van der Waals surface area contributed by atoms with E-state index < -0.39 is 12.8 Å². The molecule has 0 bridgehead atoms. The normalized spacial score (nSPS) is 11.3. The number of nitrogens with one attached hydrogen (secondary N) is 1. The molecule has 0 radical (unpaired) electrons. The standard InChI is InChI=1S/C15H15F3N2O3S/c1-10-8-24-14(22)20(10)7-13(21)19-6-11-2-4-12(5-3-11)23-9-15(16,17)18/h2-5,8H,6-7,9H2,1H3,(H,19,21). The SMILES string of the molecule is Cc1csc(=O)n1CC(=O)NCc1ccc(OCC(F)(F)F)cc1. The topological polar surface area (TPSA) is 60.3 Å². The maximum Gasteiger partial charge on any atom is 0.422 e. The van der Waals surface area contributed by atoms with Crippen molar-refractivity contribution in [3.8, 4) is 5.75 Å². The van der Waals surface area contributed by atoms with Gasteiger partial charge < -0.3 is 10.1 Å². The Morgan fingerprint density at radius 2 is 1.96 bits per heavy atom. The number of aromatic nitrogens is 1.